The molecule has 0 unspecified atom stereocenters. The highest BCUT2D eigenvalue weighted by atomic mass is 32.1. The van der Waals surface area contributed by atoms with Gasteiger partial charge in [0, 0.05) is 26.7 Å². The first-order valence-corrected chi connectivity index (χ1v) is 7.54. The zero-order valence-corrected chi connectivity index (χ0v) is 13.8. The average molecular weight is 294 g/mol. The number of aromatic nitrogens is 2. The van der Waals surface area contributed by atoms with Crippen molar-refractivity contribution in [2.75, 3.05) is 14.1 Å². The van der Waals surface area contributed by atoms with Gasteiger partial charge in [-0.15, -0.1) is 11.3 Å². The van der Waals surface area contributed by atoms with E-state index in [1.54, 1.807) is 22.6 Å². The summed E-state index contributed by atoms with van der Waals surface area (Å²) in [6, 6.07) is 0. The van der Waals surface area contributed by atoms with Crippen molar-refractivity contribution in [3.63, 3.8) is 0 Å². The Morgan fingerprint density at radius 3 is 2.55 bits per heavy atom. The summed E-state index contributed by atoms with van der Waals surface area (Å²) >= 11 is 1.63. The van der Waals surface area contributed by atoms with Gasteiger partial charge < -0.3 is 9.58 Å². The molecular formula is C14H22N4OS. The molecule has 0 aliphatic rings. The molecule has 6 heteroatoms. The zero-order valence-electron chi connectivity index (χ0n) is 13.0. The van der Waals surface area contributed by atoms with Crippen molar-refractivity contribution in [3.05, 3.63) is 16.3 Å². The molecular weight excluding hydrogens is 272 g/mol. The number of rotatable bonds is 4. The van der Waals surface area contributed by atoms with E-state index in [0.717, 1.165) is 33.6 Å². The van der Waals surface area contributed by atoms with Crippen molar-refractivity contribution in [2.24, 2.45) is 12.1 Å². The smallest absolute Gasteiger partial charge is 0.167 e. The van der Waals surface area contributed by atoms with E-state index in [1.807, 2.05) is 39.6 Å². The number of aldehydes is 1. The minimum absolute atomic E-state index is 0.622. The highest BCUT2D eigenvalue weighted by molar-refractivity contribution is 7.19. The van der Waals surface area contributed by atoms with E-state index < -0.39 is 0 Å². The Kier molecular flexibility index (Phi) is 5.88. The van der Waals surface area contributed by atoms with E-state index in [0.29, 0.717) is 5.69 Å². The van der Waals surface area contributed by atoms with Crippen LogP contribution in [0.5, 0.6) is 0 Å². The number of hydrogen-bond acceptors (Lipinski definition) is 5. The summed E-state index contributed by atoms with van der Waals surface area (Å²) in [5, 5.41) is 7.00. The van der Waals surface area contributed by atoms with Crippen LogP contribution in [0.2, 0.25) is 0 Å². The fourth-order valence-electron chi connectivity index (χ4n) is 1.76. The highest BCUT2D eigenvalue weighted by Crippen LogP contribution is 2.29. The molecule has 0 atom stereocenters. The molecule has 0 amide bonds. The number of hydrazone groups is 1. The lowest BCUT2D eigenvalue weighted by molar-refractivity contribution is 0.111. The van der Waals surface area contributed by atoms with Crippen LogP contribution in [0.15, 0.2) is 5.10 Å². The maximum Gasteiger partial charge on any atom is 0.167 e. The number of aryl methyl sites for hydroxylation is 2. The summed E-state index contributed by atoms with van der Waals surface area (Å²) in [5.41, 5.74) is 2.34. The maximum atomic E-state index is 11.2. The van der Waals surface area contributed by atoms with E-state index in [9.17, 15) is 4.79 Å². The van der Waals surface area contributed by atoms with E-state index >= 15 is 0 Å². The van der Waals surface area contributed by atoms with Crippen LogP contribution in [0.25, 0.3) is 10.3 Å². The molecule has 0 N–H and O–H groups in total. The first-order valence-electron chi connectivity index (χ1n) is 6.73. The monoisotopic (exact) mass is 294 g/mol. The van der Waals surface area contributed by atoms with Gasteiger partial charge in [-0.05, 0) is 6.42 Å². The molecule has 2 heterocycles. The van der Waals surface area contributed by atoms with Crippen LogP contribution in [0.1, 0.15) is 41.8 Å². The second-order valence-corrected chi connectivity index (χ2v) is 5.27. The van der Waals surface area contributed by atoms with Crippen LogP contribution in [0.3, 0.4) is 0 Å². The summed E-state index contributed by atoms with van der Waals surface area (Å²) in [5.74, 6) is 0. The van der Waals surface area contributed by atoms with Crippen LogP contribution in [0, 0.1) is 0 Å². The van der Waals surface area contributed by atoms with Crippen molar-refractivity contribution in [3.8, 4) is 0 Å². The Balaban J connectivity index is 0.000000956. The van der Waals surface area contributed by atoms with E-state index in [4.69, 9.17) is 0 Å². The van der Waals surface area contributed by atoms with E-state index in [1.165, 1.54) is 0 Å². The fourth-order valence-corrected chi connectivity index (χ4v) is 2.81. The average Bonchev–Trinajstić information content (AvgIpc) is 2.97. The fraction of sp³-hybridized carbons (Fsp3) is 0.500. The Morgan fingerprint density at radius 1 is 1.40 bits per heavy atom. The molecule has 2 aromatic heterocycles. The van der Waals surface area contributed by atoms with Crippen LogP contribution in [-0.4, -0.2) is 41.2 Å². The zero-order chi connectivity index (χ0) is 15.3. The van der Waals surface area contributed by atoms with Gasteiger partial charge >= 0.3 is 0 Å². The third-order valence-corrected chi connectivity index (χ3v) is 3.91. The van der Waals surface area contributed by atoms with Crippen molar-refractivity contribution < 1.29 is 4.79 Å². The van der Waals surface area contributed by atoms with Crippen LogP contribution >= 0.6 is 11.3 Å². The van der Waals surface area contributed by atoms with Crippen molar-refractivity contribution >= 4 is 34.2 Å². The molecule has 0 aliphatic heterocycles. The molecule has 20 heavy (non-hydrogen) atoms. The van der Waals surface area contributed by atoms with Gasteiger partial charge in [0.25, 0.3) is 0 Å². The van der Waals surface area contributed by atoms with Crippen LogP contribution in [-0.2, 0) is 13.5 Å². The second kappa shape index (κ2) is 7.19. The molecule has 0 aliphatic carbocycles. The van der Waals surface area contributed by atoms with Gasteiger partial charge in [0.05, 0.1) is 21.6 Å². The molecule has 2 rings (SSSR count). The van der Waals surface area contributed by atoms with Gasteiger partial charge in [-0.2, -0.15) is 5.10 Å². The minimum Gasteiger partial charge on any atom is -0.325 e. The van der Waals surface area contributed by atoms with Gasteiger partial charge in [0.15, 0.2) is 11.9 Å². The standard InChI is InChI=1S/C12H16N4OS.C2H6/c1-5-10-14-12-11(18-10)8(6-13-15(2)3)9(7-17)16(12)4;1-2/h6-7H,5H2,1-4H3;1-2H3/b13-6-;. The number of thiazole rings is 1. The van der Waals surface area contributed by atoms with Crippen LogP contribution in [0.4, 0.5) is 0 Å². The molecule has 0 saturated heterocycles. The topological polar surface area (TPSA) is 50.5 Å². The van der Waals surface area contributed by atoms with Gasteiger partial charge in [-0.3, -0.25) is 4.79 Å². The predicted octanol–water partition coefficient (Wildman–Crippen LogP) is 2.93. The molecule has 110 valence electrons. The molecule has 0 bridgehead atoms. The second-order valence-electron chi connectivity index (χ2n) is 4.18. The lowest BCUT2D eigenvalue weighted by atomic mass is 10.3. The highest BCUT2D eigenvalue weighted by Gasteiger charge is 2.17. The van der Waals surface area contributed by atoms with E-state index in [2.05, 4.69) is 17.0 Å². The Hall–Kier alpha value is -1.69. The predicted molar refractivity (Wildman–Crippen MR) is 86.0 cm³/mol. The van der Waals surface area contributed by atoms with Gasteiger partial charge in [-0.1, -0.05) is 20.8 Å². The largest absolute Gasteiger partial charge is 0.325 e. The van der Waals surface area contributed by atoms with Gasteiger partial charge in [-0.25, -0.2) is 4.98 Å². The Bertz CT molecular complexity index is 610. The quantitative estimate of drug-likeness (QED) is 0.495. The summed E-state index contributed by atoms with van der Waals surface area (Å²) < 4.78 is 2.86. The number of hydrogen-bond donors (Lipinski definition) is 0. The molecule has 0 spiro atoms. The minimum atomic E-state index is 0.622. The number of nitrogens with zero attached hydrogens (tertiary/aromatic N) is 4. The lowest BCUT2D eigenvalue weighted by Gasteiger charge is -2.02. The lowest BCUT2D eigenvalue weighted by Crippen LogP contribution is -2.03. The summed E-state index contributed by atoms with van der Waals surface area (Å²) in [6.45, 7) is 6.08. The first kappa shape index (κ1) is 16.4. The third kappa shape index (κ3) is 3.07. The number of carbonyl (C=O) groups excluding carboxylic acids is 1. The summed E-state index contributed by atoms with van der Waals surface area (Å²) in [4.78, 5) is 15.7. The normalized spacial score (nSPS) is 10.7. The van der Waals surface area contributed by atoms with Gasteiger partial charge in [0.2, 0.25) is 0 Å². The first-order chi connectivity index (χ1) is 9.58. The molecule has 0 radical (unpaired) electrons. The van der Waals surface area contributed by atoms with Gasteiger partial charge in [0.1, 0.15) is 0 Å². The van der Waals surface area contributed by atoms with Crippen molar-refractivity contribution in [1.29, 1.82) is 0 Å². The number of carbonyl (C=O) groups is 1. The Morgan fingerprint density at radius 2 is 2.05 bits per heavy atom. The summed E-state index contributed by atoms with van der Waals surface area (Å²) in [6.07, 6.45) is 3.49. The molecule has 0 aromatic carbocycles. The number of fused-ring (bicyclic) bond motifs is 1. The SMILES string of the molecule is CC.CCc1nc2c(s1)c(/C=N\N(C)C)c(C=O)n2C. The van der Waals surface area contributed by atoms with Crippen LogP contribution < -0.4 is 0 Å². The molecule has 5 nitrogen and oxygen atoms in total. The maximum absolute atomic E-state index is 11.2. The molecule has 0 saturated carbocycles. The Labute approximate surface area is 123 Å². The molecule has 0 fully saturated rings. The van der Waals surface area contributed by atoms with Crippen molar-refractivity contribution in [2.45, 2.75) is 27.2 Å². The third-order valence-electron chi connectivity index (χ3n) is 2.69. The summed E-state index contributed by atoms with van der Waals surface area (Å²) in [7, 11) is 5.56. The van der Waals surface area contributed by atoms with E-state index in [-0.39, 0.29) is 0 Å². The molecule has 2 aromatic rings. The van der Waals surface area contributed by atoms with Crippen molar-refractivity contribution in [1.82, 2.24) is 14.6 Å².